The minimum atomic E-state index is -0.839. The summed E-state index contributed by atoms with van der Waals surface area (Å²) in [5.41, 5.74) is 4.21. The maximum atomic E-state index is 11.6. The van der Waals surface area contributed by atoms with E-state index in [1.807, 2.05) is 17.5 Å². The maximum absolute atomic E-state index is 11.6. The molecule has 3 aromatic rings. The molecular weight excluding hydrogens is 486 g/mol. The van der Waals surface area contributed by atoms with E-state index in [0.717, 1.165) is 60.0 Å². The standard InChI is InChI=1S/C26H31N3O4S.ClH/c1-32-22-12-19(13-23(15-22)33-2)18(14-25(30)31)11-21-16-34-24(28-21)7-3-6-20-9-8-17-5-4-10-27-26(17)29-20;/h8-9,12-13,15-16,18H,3-7,10-11,14H2,1-2H3,(H,27,29)(H,30,31);1H. The second-order valence-electron chi connectivity index (χ2n) is 8.57. The van der Waals surface area contributed by atoms with Crippen molar-refractivity contribution in [3.8, 4) is 11.5 Å². The first-order chi connectivity index (χ1) is 16.5. The molecule has 0 bridgehead atoms. The fraction of sp³-hybridized carbons (Fsp3) is 0.423. The summed E-state index contributed by atoms with van der Waals surface area (Å²) in [6.07, 6.45) is 5.60. The van der Waals surface area contributed by atoms with E-state index in [2.05, 4.69) is 17.4 Å². The minimum Gasteiger partial charge on any atom is -0.497 e. The Morgan fingerprint density at radius 3 is 2.60 bits per heavy atom. The SMILES string of the molecule is COc1cc(OC)cc(C(CC(=O)O)Cc2csc(CCCc3ccc4c(n3)NCCC4)n2)c1.Cl. The van der Waals surface area contributed by atoms with Crippen molar-refractivity contribution in [3.05, 3.63) is 63.2 Å². The van der Waals surface area contributed by atoms with E-state index >= 15 is 0 Å². The number of carboxylic acids is 1. The summed E-state index contributed by atoms with van der Waals surface area (Å²) >= 11 is 1.64. The summed E-state index contributed by atoms with van der Waals surface area (Å²) in [6.45, 7) is 0.997. The highest BCUT2D eigenvalue weighted by molar-refractivity contribution is 7.09. The van der Waals surface area contributed by atoms with Crippen LogP contribution in [0.25, 0.3) is 0 Å². The van der Waals surface area contributed by atoms with Crippen LogP contribution in [0.15, 0.2) is 35.7 Å². The van der Waals surface area contributed by atoms with Gasteiger partial charge in [-0.05, 0) is 67.9 Å². The Balaban J connectivity index is 0.00000342. The summed E-state index contributed by atoms with van der Waals surface area (Å²) in [7, 11) is 3.18. The molecular formula is C26H32ClN3O4S. The number of pyridine rings is 1. The van der Waals surface area contributed by atoms with Crippen molar-refractivity contribution in [2.24, 2.45) is 0 Å². The Morgan fingerprint density at radius 2 is 1.89 bits per heavy atom. The van der Waals surface area contributed by atoms with Gasteiger partial charge in [-0.15, -0.1) is 23.7 Å². The lowest BCUT2D eigenvalue weighted by Gasteiger charge is -2.17. The molecule has 0 radical (unpaired) electrons. The number of carboxylic acid groups (broad SMARTS) is 1. The van der Waals surface area contributed by atoms with Crippen LogP contribution in [0.5, 0.6) is 11.5 Å². The van der Waals surface area contributed by atoms with Crippen molar-refractivity contribution >= 4 is 35.5 Å². The molecule has 0 aliphatic carbocycles. The van der Waals surface area contributed by atoms with Crippen LogP contribution in [0.4, 0.5) is 5.82 Å². The normalized spacial score (nSPS) is 13.2. The first-order valence-corrected chi connectivity index (χ1v) is 12.5. The van der Waals surface area contributed by atoms with E-state index in [1.54, 1.807) is 31.6 Å². The number of fused-ring (bicyclic) bond motifs is 1. The first kappa shape index (κ1) is 26.8. The third kappa shape index (κ3) is 7.32. The Morgan fingerprint density at radius 1 is 1.11 bits per heavy atom. The van der Waals surface area contributed by atoms with Gasteiger partial charge in [-0.2, -0.15) is 0 Å². The molecule has 7 nitrogen and oxygen atoms in total. The third-order valence-corrected chi connectivity index (χ3v) is 7.05. The summed E-state index contributed by atoms with van der Waals surface area (Å²) in [4.78, 5) is 21.1. The number of anilines is 1. The zero-order valence-electron chi connectivity index (χ0n) is 20.1. The van der Waals surface area contributed by atoms with Gasteiger partial charge in [0.2, 0.25) is 0 Å². The number of halogens is 1. The average molecular weight is 518 g/mol. The number of methoxy groups -OCH3 is 2. The Labute approximate surface area is 216 Å². The fourth-order valence-corrected chi connectivity index (χ4v) is 5.18. The highest BCUT2D eigenvalue weighted by Gasteiger charge is 2.20. The molecule has 35 heavy (non-hydrogen) atoms. The van der Waals surface area contributed by atoms with E-state index in [9.17, 15) is 9.90 Å². The van der Waals surface area contributed by atoms with Gasteiger partial charge < -0.3 is 19.9 Å². The second kappa shape index (κ2) is 12.7. The zero-order chi connectivity index (χ0) is 23.9. The second-order valence-corrected chi connectivity index (χ2v) is 9.51. The first-order valence-electron chi connectivity index (χ1n) is 11.6. The molecule has 2 aromatic heterocycles. The summed E-state index contributed by atoms with van der Waals surface area (Å²) in [6, 6.07) is 9.88. The lowest BCUT2D eigenvalue weighted by Crippen LogP contribution is -2.14. The molecule has 1 aliphatic heterocycles. The molecule has 0 saturated carbocycles. The van der Waals surface area contributed by atoms with Crippen molar-refractivity contribution in [1.82, 2.24) is 9.97 Å². The Kier molecular flexibility index (Phi) is 9.74. The highest BCUT2D eigenvalue weighted by atomic mass is 35.5. The van der Waals surface area contributed by atoms with Gasteiger partial charge in [-0.25, -0.2) is 9.97 Å². The monoisotopic (exact) mass is 517 g/mol. The number of hydrogen-bond donors (Lipinski definition) is 2. The number of hydrogen-bond acceptors (Lipinski definition) is 7. The molecule has 188 valence electrons. The van der Waals surface area contributed by atoms with Crippen LogP contribution in [-0.4, -0.2) is 41.8 Å². The summed E-state index contributed by atoms with van der Waals surface area (Å²) < 4.78 is 10.7. The van der Waals surface area contributed by atoms with Crippen molar-refractivity contribution in [2.45, 2.75) is 50.9 Å². The van der Waals surface area contributed by atoms with E-state index in [-0.39, 0.29) is 24.7 Å². The third-order valence-electron chi connectivity index (χ3n) is 6.10. The zero-order valence-corrected chi connectivity index (χ0v) is 21.7. The quantitative estimate of drug-likeness (QED) is 0.356. The predicted molar refractivity (Wildman–Crippen MR) is 141 cm³/mol. The van der Waals surface area contributed by atoms with Crippen molar-refractivity contribution in [1.29, 1.82) is 0 Å². The van der Waals surface area contributed by atoms with Gasteiger partial charge in [0.05, 0.1) is 31.3 Å². The molecule has 0 saturated heterocycles. The van der Waals surface area contributed by atoms with Crippen LogP contribution in [0.1, 0.15) is 52.7 Å². The minimum absolute atomic E-state index is 0. The maximum Gasteiger partial charge on any atom is 0.303 e. The number of benzene rings is 1. The van der Waals surface area contributed by atoms with Crippen molar-refractivity contribution in [3.63, 3.8) is 0 Å². The Hall–Kier alpha value is -2.84. The van der Waals surface area contributed by atoms with Crippen LogP contribution in [0, 0.1) is 0 Å². The van der Waals surface area contributed by atoms with Gasteiger partial charge in [0, 0.05) is 29.6 Å². The molecule has 3 heterocycles. The highest BCUT2D eigenvalue weighted by Crippen LogP contribution is 2.32. The van der Waals surface area contributed by atoms with E-state index in [1.165, 1.54) is 12.0 Å². The molecule has 2 N–H and O–H groups in total. The van der Waals surface area contributed by atoms with E-state index in [0.29, 0.717) is 17.9 Å². The number of thiazole rings is 1. The van der Waals surface area contributed by atoms with Crippen molar-refractivity contribution in [2.75, 3.05) is 26.1 Å². The number of aliphatic carboxylic acids is 1. The summed E-state index contributed by atoms with van der Waals surface area (Å²) in [5, 5.41) is 16.0. The lowest BCUT2D eigenvalue weighted by atomic mass is 9.91. The van der Waals surface area contributed by atoms with E-state index in [4.69, 9.17) is 19.4 Å². The number of aryl methyl sites for hydroxylation is 3. The van der Waals surface area contributed by atoms with Crippen molar-refractivity contribution < 1.29 is 19.4 Å². The van der Waals surface area contributed by atoms with E-state index < -0.39 is 5.97 Å². The van der Waals surface area contributed by atoms with Gasteiger partial charge >= 0.3 is 5.97 Å². The van der Waals surface area contributed by atoms with Crippen LogP contribution in [0.3, 0.4) is 0 Å². The largest absolute Gasteiger partial charge is 0.497 e. The number of aromatic nitrogens is 2. The summed E-state index contributed by atoms with van der Waals surface area (Å²) in [5.74, 6) is 1.28. The molecule has 1 aliphatic rings. The number of ether oxygens (including phenoxy) is 2. The molecule has 1 unspecified atom stereocenters. The number of nitrogens with one attached hydrogen (secondary N) is 1. The molecule has 0 amide bonds. The molecule has 0 spiro atoms. The van der Waals surface area contributed by atoms with Gasteiger partial charge in [0.15, 0.2) is 0 Å². The molecule has 1 aromatic carbocycles. The molecule has 9 heteroatoms. The van der Waals surface area contributed by atoms with Gasteiger partial charge in [-0.1, -0.05) is 6.07 Å². The number of rotatable bonds is 11. The smallest absolute Gasteiger partial charge is 0.303 e. The van der Waals surface area contributed by atoms with Crippen LogP contribution < -0.4 is 14.8 Å². The van der Waals surface area contributed by atoms with Gasteiger partial charge in [-0.3, -0.25) is 4.79 Å². The van der Waals surface area contributed by atoms with Crippen LogP contribution >= 0.6 is 23.7 Å². The number of carbonyl (C=O) groups is 1. The lowest BCUT2D eigenvalue weighted by molar-refractivity contribution is -0.137. The fourth-order valence-electron chi connectivity index (χ4n) is 4.32. The molecule has 1 atom stereocenters. The Bertz CT molecular complexity index is 1120. The van der Waals surface area contributed by atoms with Gasteiger partial charge in [0.1, 0.15) is 17.3 Å². The topological polar surface area (TPSA) is 93.6 Å². The number of nitrogens with zero attached hydrogens (tertiary/aromatic N) is 2. The van der Waals surface area contributed by atoms with Crippen LogP contribution in [0.2, 0.25) is 0 Å². The predicted octanol–water partition coefficient (Wildman–Crippen LogP) is 5.31. The van der Waals surface area contributed by atoms with Gasteiger partial charge in [0.25, 0.3) is 0 Å². The average Bonchev–Trinajstić information content (AvgIpc) is 3.30. The molecule has 4 rings (SSSR count). The van der Waals surface area contributed by atoms with Crippen LogP contribution in [-0.2, 0) is 30.5 Å². The molecule has 0 fully saturated rings.